The second kappa shape index (κ2) is 7.40. The second-order valence-electron chi connectivity index (χ2n) is 6.48. The highest BCUT2D eigenvalue weighted by Gasteiger charge is 2.42. The number of H-pyrrole nitrogens is 1. The number of carbonyl (C=O) groups is 1. The minimum Gasteiger partial charge on any atom is -0.480 e. The molecule has 1 aliphatic rings. The lowest BCUT2D eigenvalue weighted by Gasteiger charge is -2.41. The second-order valence-corrected chi connectivity index (χ2v) is 6.87. The van der Waals surface area contributed by atoms with Crippen LogP contribution in [-0.2, 0) is 11.2 Å². The first kappa shape index (κ1) is 18.1. The van der Waals surface area contributed by atoms with Crippen LogP contribution in [0.3, 0.4) is 0 Å². The van der Waals surface area contributed by atoms with E-state index in [2.05, 4.69) is 15.3 Å². The minimum atomic E-state index is -0.996. The van der Waals surface area contributed by atoms with Gasteiger partial charge in [0.2, 0.25) is 0 Å². The summed E-state index contributed by atoms with van der Waals surface area (Å²) >= 11 is 5.60. The first-order chi connectivity index (χ1) is 13.5. The Kier molecular flexibility index (Phi) is 4.79. The first-order valence-electron chi connectivity index (χ1n) is 8.69. The zero-order chi connectivity index (χ0) is 19.7. The standard InChI is InChI=1S/C20H17FN4O2S/c21-13-8-6-12(7-9-13)18-17-15(22-11-23-17)10-16(19(26)27)25(18)20(28)24-14-4-2-1-3-5-14/h1-9,11,16,18H,10H2,(H,22,23)(H,24,28)(H,26,27)/t16-,18+/m0/s1. The molecule has 0 saturated heterocycles. The molecule has 0 aliphatic carbocycles. The number of imidazole rings is 1. The van der Waals surface area contributed by atoms with E-state index in [1.807, 2.05) is 30.3 Å². The van der Waals surface area contributed by atoms with E-state index in [4.69, 9.17) is 12.2 Å². The Bertz CT molecular complexity index is 1010. The van der Waals surface area contributed by atoms with Crippen molar-refractivity contribution in [3.05, 3.63) is 83.7 Å². The number of aromatic amines is 1. The predicted molar refractivity (Wildman–Crippen MR) is 106 cm³/mol. The topological polar surface area (TPSA) is 81.2 Å². The largest absolute Gasteiger partial charge is 0.480 e. The summed E-state index contributed by atoms with van der Waals surface area (Å²) in [5.41, 5.74) is 2.88. The SMILES string of the molecule is O=C(O)[C@@H]1Cc2[nH]cnc2[C@@H](c2ccc(F)cc2)N1C(=S)Nc1ccccc1. The third-order valence-electron chi connectivity index (χ3n) is 4.75. The predicted octanol–water partition coefficient (Wildman–Crippen LogP) is 3.35. The Labute approximate surface area is 166 Å². The van der Waals surface area contributed by atoms with E-state index in [-0.39, 0.29) is 17.4 Å². The summed E-state index contributed by atoms with van der Waals surface area (Å²) in [6.07, 6.45) is 1.77. The molecule has 0 saturated carbocycles. The summed E-state index contributed by atoms with van der Waals surface area (Å²) in [5.74, 6) is -1.36. The molecule has 2 atom stereocenters. The molecule has 1 aromatic heterocycles. The molecule has 2 heterocycles. The van der Waals surface area contributed by atoms with Crippen LogP contribution in [0.15, 0.2) is 60.9 Å². The van der Waals surface area contributed by atoms with Crippen molar-refractivity contribution in [1.29, 1.82) is 0 Å². The number of aromatic nitrogens is 2. The van der Waals surface area contributed by atoms with E-state index in [1.165, 1.54) is 18.5 Å². The summed E-state index contributed by atoms with van der Waals surface area (Å²) in [7, 11) is 0. The van der Waals surface area contributed by atoms with E-state index in [9.17, 15) is 14.3 Å². The molecule has 0 radical (unpaired) electrons. The van der Waals surface area contributed by atoms with Crippen LogP contribution in [0.1, 0.15) is 23.0 Å². The van der Waals surface area contributed by atoms with Crippen LogP contribution in [-0.4, -0.2) is 37.1 Å². The molecule has 0 unspecified atom stereocenters. The number of benzene rings is 2. The summed E-state index contributed by atoms with van der Waals surface area (Å²) in [6.45, 7) is 0. The van der Waals surface area contributed by atoms with Crippen LogP contribution in [0.25, 0.3) is 0 Å². The van der Waals surface area contributed by atoms with Crippen LogP contribution in [0.4, 0.5) is 10.1 Å². The summed E-state index contributed by atoms with van der Waals surface area (Å²) < 4.78 is 13.5. The monoisotopic (exact) mass is 396 g/mol. The van der Waals surface area contributed by atoms with E-state index in [0.29, 0.717) is 11.3 Å². The maximum absolute atomic E-state index is 13.5. The van der Waals surface area contributed by atoms with E-state index >= 15 is 0 Å². The fraction of sp³-hybridized carbons (Fsp3) is 0.150. The molecule has 3 aromatic rings. The molecular formula is C20H17FN4O2S. The number of nitrogens with one attached hydrogen (secondary N) is 2. The lowest BCUT2D eigenvalue weighted by atomic mass is 9.91. The zero-order valence-electron chi connectivity index (χ0n) is 14.7. The molecule has 142 valence electrons. The average molecular weight is 396 g/mol. The van der Waals surface area contributed by atoms with E-state index in [0.717, 1.165) is 11.4 Å². The number of hydrogen-bond donors (Lipinski definition) is 3. The number of rotatable bonds is 3. The van der Waals surface area contributed by atoms with E-state index in [1.54, 1.807) is 17.0 Å². The molecule has 2 aromatic carbocycles. The molecule has 0 spiro atoms. The van der Waals surface area contributed by atoms with Crippen LogP contribution in [0.5, 0.6) is 0 Å². The van der Waals surface area contributed by atoms with Gasteiger partial charge in [-0.2, -0.15) is 0 Å². The van der Waals surface area contributed by atoms with Crippen molar-refractivity contribution >= 4 is 29.0 Å². The van der Waals surface area contributed by atoms with Gasteiger partial charge in [-0.3, -0.25) is 0 Å². The number of halogens is 1. The van der Waals surface area contributed by atoms with Crippen molar-refractivity contribution < 1.29 is 14.3 Å². The van der Waals surface area contributed by atoms with Gasteiger partial charge in [0.05, 0.1) is 12.0 Å². The Morgan fingerprint density at radius 2 is 1.93 bits per heavy atom. The summed E-state index contributed by atoms with van der Waals surface area (Å²) in [4.78, 5) is 21.1. The van der Waals surface area contributed by atoms with Gasteiger partial charge in [0.1, 0.15) is 17.9 Å². The average Bonchev–Trinajstić information content (AvgIpc) is 3.16. The molecule has 4 rings (SSSR count). The molecule has 8 heteroatoms. The van der Waals surface area contributed by atoms with Gasteiger partial charge in [0, 0.05) is 17.8 Å². The maximum Gasteiger partial charge on any atom is 0.326 e. The van der Waals surface area contributed by atoms with Gasteiger partial charge < -0.3 is 20.3 Å². The number of anilines is 1. The van der Waals surface area contributed by atoms with E-state index < -0.39 is 18.1 Å². The molecule has 1 aliphatic heterocycles. The molecule has 6 nitrogen and oxygen atoms in total. The van der Waals surface area contributed by atoms with Crippen LogP contribution >= 0.6 is 12.2 Å². The third kappa shape index (κ3) is 3.34. The van der Waals surface area contributed by atoms with Crippen LogP contribution in [0.2, 0.25) is 0 Å². The van der Waals surface area contributed by atoms with Crippen molar-refractivity contribution in [3.63, 3.8) is 0 Å². The van der Waals surface area contributed by atoms with Gasteiger partial charge in [-0.25, -0.2) is 14.2 Å². The van der Waals surface area contributed by atoms with Gasteiger partial charge in [0.25, 0.3) is 0 Å². The van der Waals surface area contributed by atoms with Crippen molar-refractivity contribution in [3.8, 4) is 0 Å². The van der Waals surface area contributed by atoms with Gasteiger partial charge >= 0.3 is 5.97 Å². The Balaban J connectivity index is 1.79. The summed E-state index contributed by atoms with van der Waals surface area (Å²) in [5, 5.41) is 13.3. The smallest absolute Gasteiger partial charge is 0.326 e. The Morgan fingerprint density at radius 1 is 1.21 bits per heavy atom. The highest BCUT2D eigenvalue weighted by atomic mass is 32.1. The highest BCUT2D eigenvalue weighted by Crippen LogP contribution is 2.37. The molecular weight excluding hydrogens is 379 g/mol. The number of nitrogens with zero attached hydrogens (tertiary/aromatic N) is 2. The zero-order valence-corrected chi connectivity index (χ0v) is 15.5. The normalized spacial score (nSPS) is 18.4. The number of aliphatic carboxylic acids is 1. The number of carboxylic acids is 1. The number of hydrogen-bond acceptors (Lipinski definition) is 3. The molecule has 0 bridgehead atoms. The quantitative estimate of drug-likeness (QED) is 0.589. The molecule has 3 N–H and O–H groups in total. The molecule has 28 heavy (non-hydrogen) atoms. The van der Waals surface area contributed by atoms with Crippen molar-refractivity contribution in [2.45, 2.75) is 18.5 Å². The first-order valence-corrected chi connectivity index (χ1v) is 9.10. The highest BCUT2D eigenvalue weighted by molar-refractivity contribution is 7.80. The number of para-hydroxylation sites is 1. The third-order valence-corrected chi connectivity index (χ3v) is 5.07. The Morgan fingerprint density at radius 3 is 2.61 bits per heavy atom. The molecule has 0 fully saturated rings. The van der Waals surface area contributed by atoms with Crippen LogP contribution < -0.4 is 5.32 Å². The fourth-order valence-corrected chi connectivity index (χ4v) is 3.82. The number of carboxylic acid groups (broad SMARTS) is 1. The minimum absolute atomic E-state index is 0.235. The van der Waals surface area contributed by atoms with Gasteiger partial charge in [-0.15, -0.1) is 0 Å². The van der Waals surface area contributed by atoms with Crippen LogP contribution in [0, 0.1) is 5.82 Å². The lowest BCUT2D eigenvalue weighted by Crippen LogP contribution is -2.53. The maximum atomic E-state index is 13.5. The Hall–Kier alpha value is -3.26. The lowest BCUT2D eigenvalue weighted by molar-refractivity contribution is -0.142. The summed E-state index contributed by atoms with van der Waals surface area (Å²) in [6, 6.07) is 13.8. The van der Waals surface area contributed by atoms with Crippen molar-refractivity contribution in [1.82, 2.24) is 14.9 Å². The van der Waals surface area contributed by atoms with Crippen molar-refractivity contribution in [2.24, 2.45) is 0 Å². The fourth-order valence-electron chi connectivity index (χ4n) is 3.47. The molecule has 0 amide bonds. The van der Waals surface area contributed by atoms with Gasteiger partial charge in [-0.1, -0.05) is 30.3 Å². The van der Waals surface area contributed by atoms with Gasteiger partial charge in [-0.05, 0) is 42.0 Å². The van der Waals surface area contributed by atoms with Gasteiger partial charge in [0.15, 0.2) is 5.11 Å². The van der Waals surface area contributed by atoms with Crippen molar-refractivity contribution in [2.75, 3.05) is 5.32 Å². The number of thiocarbonyl (C=S) groups is 1. The number of fused-ring (bicyclic) bond motifs is 1.